The molecule has 5 nitrogen and oxygen atoms in total. The van der Waals surface area contributed by atoms with Crippen LogP contribution in [0.3, 0.4) is 0 Å². The van der Waals surface area contributed by atoms with Crippen molar-refractivity contribution in [3.63, 3.8) is 0 Å². The zero-order valence-corrected chi connectivity index (χ0v) is 14.3. The summed E-state index contributed by atoms with van der Waals surface area (Å²) in [4.78, 5) is 12.1. The van der Waals surface area contributed by atoms with Crippen LogP contribution in [-0.4, -0.2) is 32.8 Å². The minimum atomic E-state index is -3.51. The lowest BCUT2D eigenvalue weighted by atomic mass is 10.2. The van der Waals surface area contributed by atoms with E-state index in [0.717, 1.165) is 9.87 Å². The number of nitrogens with zero attached hydrogens (tertiary/aromatic N) is 1. The van der Waals surface area contributed by atoms with Gasteiger partial charge in [-0.2, -0.15) is 0 Å². The molecule has 0 saturated heterocycles. The fraction of sp³-hybridized carbons (Fsp3) is 0.188. The Hall–Kier alpha value is -1.89. The van der Waals surface area contributed by atoms with Crippen LogP contribution in [0, 0.1) is 0 Å². The first-order chi connectivity index (χ1) is 10.8. The fourth-order valence-corrected chi connectivity index (χ4v) is 2.81. The van der Waals surface area contributed by atoms with Gasteiger partial charge in [0, 0.05) is 19.1 Å². The van der Waals surface area contributed by atoms with Crippen molar-refractivity contribution in [1.82, 2.24) is 4.31 Å². The van der Waals surface area contributed by atoms with E-state index in [9.17, 15) is 13.2 Å². The number of hydrogen-bond acceptors (Lipinski definition) is 4. The van der Waals surface area contributed by atoms with E-state index in [0.29, 0.717) is 5.02 Å². The molecule has 0 N–H and O–H groups in total. The highest BCUT2D eigenvalue weighted by Crippen LogP contribution is 2.15. The number of carbonyl (C=O) groups is 1. The number of rotatable bonds is 5. The van der Waals surface area contributed by atoms with E-state index in [2.05, 4.69) is 0 Å². The highest BCUT2D eigenvalue weighted by molar-refractivity contribution is 7.89. The predicted octanol–water partition coefficient (Wildman–Crippen LogP) is 2.95. The fourth-order valence-electron chi connectivity index (χ4n) is 1.79. The molecule has 122 valence electrons. The Balaban J connectivity index is 2.04. The van der Waals surface area contributed by atoms with Gasteiger partial charge in [-0.3, -0.25) is 0 Å². The quantitative estimate of drug-likeness (QED) is 0.775. The second-order valence-electron chi connectivity index (χ2n) is 5.01. The Morgan fingerprint density at radius 3 is 2.13 bits per heavy atom. The second-order valence-corrected chi connectivity index (χ2v) is 7.60. The summed E-state index contributed by atoms with van der Waals surface area (Å²) in [6, 6.07) is 12.6. The Morgan fingerprint density at radius 1 is 1.04 bits per heavy atom. The van der Waals surface area contributed by atoms with Gasteiger partial charge in [0.05, 0.1) is 10.5 Å². The molecule has 0 saturated carbocycles. The topological polar surface area (TPSA) is 63.7 Å². The summed E-state index contributed by atoms with van der Waals surface area (Å²) in [7, 11) is -0.614. The van der Waals surface area contributed by atoms with Crippen molar-refractivity contribution in [1.29, 1.82) is 0 Å². The lowest BCUT2D eigenvalue weighted by Gasteiger charge is -2.11. The molecule has 0 aliphatic heterocycles. The standard InChI is InChI=1S/C16H16ClNO4S/c1-18(2)23(20,21)15-9-5-13(6-10-15)16(19)22-11-12-3-7-14(17)8-4-12/h3-10H,11H2,1-2H3. The van der Waals surface area contributed by atoms with E-state index >= 15 is 0 Å². The molecule has 7 heteroatoms. The van der Waals surface area contributed by atoms with Crippen LogP contribution < -0.4 is 0 Å². The number of esters is 1. The molecule has 0 aliphatic rings. The van der Waals surface area contributed by atoms with Crippen LogP contribution in [0.25, 0.3) is 0 Å². The minimum Gasteiger partial charge on any atom is -0.457 e. The van der Waals surface area contributed by atoms with Crippen molar-refractivity contribution >= 4 is 27.6 Å². The maximum atomic E-state index is 12.0. The Kier molecular flexibility index (Phi) is 5.41. The third-order valence-electron chi connectivity index (χ3n) is 3.15. The molecule has 0 aromatic heterocycles. The van der Waals surface area contributed by atoms with Crippen molar-refractivity contribution in [2.24, 2.45) is 0 Å². The smallest absolute Gasteiger partial charge is 0.338 e. The van der Waals surface area contributed by atoms with Gasteiger partial charge in [0.15, 0.2) is 0 Å². The lowest BCUT2D eigenvalue weighted by molar-refractivity contribution is 0.0472. The number of halogens is 1. The molecule has 0 bridgehead atoms. The Morgan fingerprint density at radius 2 is 1.61 bits per heavy atom. The molecule has 0 heterocycles. The monoisotopic (exact) mass is 353 g/mol. The molecule has 0 aliphatic carbocycles. The molecule has 23 heavy (non-hydrogen) atoms. The van der Waals surface area contributed by atoms with Crippen LogP contribution in [0.5, 0.6) is 0 Å². The number of carbonyl (C=O) groups excluding carboxylic acids is 1. The Bertz CT molecular complexity index is 784. The molecular weight excluding hydrogens is 338 g/mol. The average Bonchev–Trinajstić information content (AvgIpc) is 2.54. The number of sulfonamides is 1. The summed E-state index contributed by atoms with van der Waals surface area (Å²) in [6.07, 6.45) is 0. The van der Waals surface area contributed by atoms with Gasteiger partial charge in [0.2, 0.25) is 10.0 Å². The van der Waals surface area contributed by atoms with Crippen molar-refractivity contribution < 1.29 is 17.9 Å². The molecule has 2 aromatic carbocycles. The van der Waals surface area contributed by atoms with E-state index < -0.39 is 16.0 Å². The number of hydrogen-bond donors (Lipinski definition) is 0. The average molecular weight is 354 g/mol. The van der Waals surface area contributed by atoms with Gasteiger partial charge in [-0.05, 0) is 42.0 Å². The first-order valence-corrected chi connectivity index (χ1v) is 8.56. The van der Waals surface area contributed by atoms with Crippen LogP contribution >= 0.6 is 11.6 Å². The van der Waals surface area contributed by atoms with Crippen molar-refractivity contribution in [2.45, 2.75) is 11.5 Å². The van der Waals surface area contributed by atoms with Crippen LogP contribution in [0.15, 0.2) is 53.4 Å². The third-order valence-corrected chi connectivity index (χ3v) is 5.23. The molecule has 0 amide bonds. The van der Waals surface area contributed by atoms with E-state index in [1.54, 1.807) is 24.3 Å². The molecule has 0 atom stereocenters. The summed E-state index contributed by atoms with van der Waals surface area (Å²) in [5, 5.41) is 0.609. The summed E-state index contributed by atoms with van der Waals surface area (Å²) < 4.78 is 30.2. The maximum absolute atomic E-state index is 12.0. The van der Waals surface area contributed by atoms with E-state index in [4.69, 9.17) is 16.3 Å². The Labute approximate surface area is 140 Å². The highest BCUT2D eigenvalue weighted by Gasteiger charge is 2.17. The normalized spacial score (nSPS) is 11.5. The summed E-state index contributed by atoms with van der Waals surface area (Å²) >= 11 is 5.78. The van der Waals surface area contributed by atoms with Gasteiger partial charge in [0.25, 0.3) is 0 Å². The zero-order chi connectivity index (χ0) is 17.0. The van der Waals surface area contributed by atoms with Gasteiger partial charge < -0.3 is 4.74 Å². The van der Waals surface area contributed by atoms with Gasteiger partial charge in [-0.15, -0.1) is 0 Å². The zero-order valence-electron chi connectivity index (χ0n) is 12.7. The minimum absolute atomic E-state index is 0.119. The van der Waals surface area contributed by atoms with E-state index in [1.165, 1.54) is 38.4 Å². The van der Waals surface area contributed by atoms with Crippen molar-refractivity contribution in [2.75, 3.05) is 14.1 Å². The van der Waals surface area contributed by atoms with Gasteiger partial charge in [0.1, 0.15) is 6.61 Å². The first kappa shape index (κ1) is 17.5. The summed E-state index contributed by atoms with van der Waals surface area (Å²) in [5.74, 6) is -0.520. The van der Waals surface area contributed by atoms with E-state index in [-0.39, 0.29) is 17.1 Å². The van der Waals surface area contributed by atoms with Crippen LogP contribution in [0.1, 0.15) is 15.9 Å². The predicted molar refractivity (Wildman–Crippen MR) is 87.9 cm³/mol. The van der Waals surface area contributed by atoms with Gasteiger partial charge >= 0.3 is 5.97 Å². The van der Waals surface area contributed by atoms with E-state index in [1.807, 2.05) is 0 Å². The molecule has 0 radical (unpaired) electrons. The largest absolute Gasteiger partial charge is 0.457 e. The highest BCUT2D eigenvalue weighted by atomic mass is 35.5. The second kappa shape index (κ2) is 7.12. The van der Waals surface area contributed by atoms with Gasteiger partial charge in [-0.1, -0.05) is 23.7 Å². The molecule has 2 rings (SSSR count). The van der Waals surface area contributed by atoms with Crippen LogP contribution in [0.2, 0.25) is 5.02 Å². The molecule has 2 aromatic rings. The lowest BCUT2D eigenvalue weighted by Crippen LogP contribution is -2.22. The van der Waals surface area contributed by atoms with Crippen LogP contribution in [0.4, 0.5) is 0 Å². The van der Waals surface area contributed by atoms with Crippen molar-refractivity contribution in [3.8, 4) is 0 Å². The maximum Gasteiger partial charge on any atom is 0.338 e. The summed E-state index contributed by atoms with van der Waals surface area (Å²) in [5.41, 5.74) is 1.10. The van der Waals surface area contributed by atoms with Gasteiger partial charge in [-0.25, -0.2) is 17.5 Å². The number of ether oxygens (including phenoxy) is 1. The first-order valence-electron chi connectivity index (χ1n) is 6.75. The molecular formula is C16H16ClNO4S. The van der Waals surface area contributed by atoms with Crippen molar-refractivity contribution in [3.05, 3.63) is 64.7 Å². The molecule has 0 spiro atoms. The molecule has 0 fully saturated rings. The SMILES string of the molecule is CN(C)S(=O)(=O)c1ccc(C(=O)OCc2ccc(Cl)cc2)cc1. The molecule has 0 unspecified atom stereocenters. The van der Waals surface area contributed by atoms with Crippen LogP contribution in [-0.2, 0) is 21.4 Å². The summed E-state index contributed by atoms with van der Waals surface area (Å²) in [6.45, 7) is 0.119. The number of benzene rings is 2. The third kappa shape index (κ3) is 4.31.